The van der Waals surface area contributed by atoms with Crippen LogP contribution in [0.2, 0.25) is 0 Å². The number of nitrogens with one attached hydrogen (secondary N) is 1. The van der Waals surface area contributed by atoms with Crippen LogP contribution in [0.3, 0.4) is 0 Å². The van der Waals surface area contributed by atoms with Crippen LogP contribution in [-0.4, -0.2) is 27.5 Å². The van der Waals surface area contributed by atoms with Gasteiger partial charge in [-0.05, 0) is 48.7 Å². The van der Waals surface area contributed by atoms with Crippen molar-refractivity contribution in [1.82, 2.24) is 5.32 Å². The highest BCUT2D eigenvalue weighted by atomic mass is 32.2. The van der Waals surface area contributed by atoms with Crippen molar-refractivity contribution < 1.29 is 22.1 Å². The summed E-state index contributed by atoms with van der Waals surface area (Å²) in [6, 6.07) is 22.3. The van der Waals surface area contributed by atoms with E-state index in [0.29, 0.717) is 13.0 Å². The van der Waals surface area contributed by atoms with Crippen LogP contribution >= 0.6 is 0 Å². The highest BCUT2D eigenvalue weighted by molar-refractivity contribution is 7.87. The first-order valence-electron chi connectivity index (χ1n) is 9.82. The van der Waals surface area contributed by atoms with Crippen LogP contribution < -0.4 is 9.50 Å². The fourth-order valence-corrected chi connectivity index (χ4v) is 3.94. The van der Waals surface area contributed by atoms with Gasteiger partial charge >= 0.3 is 16.1 Å². The van der Waals surface area contributed by atoms with Gasteiger partial charge in [-0.2, -0.15) is 8.42 Å². The van der Waals surface area contributed by atoms with Gasteiger partial charge < -0.3 is 14.2 Å². The maximum atomic E-state index is 12.4. The largest absolute Gasteiger partial charge is 0.468 e. The zero-order chi connectivity index (χ0) is 22.3. The highest BCUT2D eigenvalue weighted by Gasteiger charge is 2.20. The fraction of sp³-hybridized carbons (Fsp3) is 0.208. The van der Waals surface area contributed by atoms with Gasteiger partial charge in [-0.25, -0.2) is 0 Å². The summed E-state index contributed by atoms with van der Waals surface area (Å²) in [5.41, 5.74) is 2.86. The second kappa shape index (κ2) is 10.2. The molecule has 0 unspecified atom stereocenters. The number of hydrogen-bond donors (Lipinski definition) is 1. The van der Waals surface area contributed by atoms with E-state index in [1.165, 1.54) is 19.2 Å². The van der Waals surface area contributed by atoms with Gasteiger partial charge in [0.25, 0.3) is 0 Å². The van der Waals surface area contributed by atoms with Crippen molar-refractivity contribution in [3.8, 4) is 5.75 Å². The zero-order valence-corrected chi connectivity index (χ0v) is 18.3. The lowest BCUT2D eigenvalue weighted by Gasteiger charge is -2.17. The number of rotatable bonds is 9. The topological polar surface area (TPSA) is 81.7 Å². The molecular formula is C24H25NO5S. The standard InChI is InChI=1S/C24H25NO5S/c1-18-8-14-22(15-9-18)31(27,28)30-21-12-10-19(11-13-21)16-23(24(26)29-2)25-17-20-6-4-3-5-7-20/h3-15,23,25H,16-17H2,1-2H3/t23-/m0/s1. The SMILES string of the molecule is COC(=O)[C@H](Cc1ccc(OS(=O)(=O)c2ccc(C)cc2)cc1)NCc1ccccc1. The van der Waals surface area contributed by atoms with E-state index >= 15 is 0 Å². The van der Waals surface area contributed by atoms with Crippen molar-refractivity contribution in [2.45, 2.75) is 30.8 Å². The van der Waals surface area contributed by atoms with Gasteiger partial charge in [0, 0.05) is 6.54 Å². The van der Waals surface area contributed by atoms with Gasteiger partial charge in [-0.1, -0.05) is 60.2 Å². The molecule has 0 aromatic heterocycles. The Hall–Kier alpha value is -3.16. The molecule has 1 N–H and O–H groups in total. The minimum absolute atomic E-state index is 0.0954. The molecule has 0 heterocycles. The predicted molar refractivity (Wildman–Crippen MR) is 118 cm³/mol. The van der Waals surface area contributed by atoms with E-state index in [-0.39, 0.29) is 16.6 Å². The number of methoxy groups -OCH3 is 1. The monoisotopic (exact) mass is 439 g/mol. The molecule has 0 saturated heterocycles. The third kappa shape index (κ3) is 6.41. The van der Waals surface area contributed by atoms with Gasteiger partial charge in [0.2, 0.25) is 0 Å². The van der Waals surface area contributed by atoms with Crippen molar-refractivity contribution in [3.05, 3.63) is 95.6 Å². The summed E-state index contributed by atoms with van der Waals surface area (Å²) >= 11 is 0. The second-order valence-electron chi connectivity index (χ2n) is 7.14. The van der Waals surface area contributed by atoms with Gasteiger partial charge in [-0.15, -0.1) is 0 Å². The van der Waals surface area contributed by atoms with Crippen LogP contribution in [0.5, 0.6) is 5.75 Å². The summed E-state index contributed by atoms with van der Waals surface area (Å²) < 4.78 is 35.0. The summed E-state index contributed by atoms with van der Waals surface area (Å²) in [5.74, 6) is -0.158. The summed E-state index contributed by atoms with van der Waals surface area (Å²) in [6.45, 7) is 2.41. The maximum absolute atomic E-state index is 12.4. The Kier molecular flexibility index (Phi) is 7.44. The van der Waals surface area contributed by atoms with Crippen LogP contribution in [-0.2, 0) is 32.6 Å². The summed E-state index contributed by atoms with van der Waals surface area (Å²) in [7, 11) is -2.56. The van der Waals surface area contributed by atoms with Gasteiger partial charge in [-0.3, -0.25) is 4.79 Å². The van der Waals surface area contributed by atoms with Crippen LogP contribution in [0, 0.1) is 6.92 Å². The van der Waals surface area contributed by atoms with Gasteiger partial charge in [0.1, 0.15) is 16.7 Å². The van der Waals surface area contributed by atoms with E-state index in [1.54, 1.807) is 36.4 Å². The molecule has 3 aromatic rings. The van der Waals surface area contributed by atoms with Gasteiger partial charge in [0.05, 0.1) is 7.11 Å². The fourth-order valence-electron chi connectivity index (χ4n) is 3.01. The van der Waals surface area contributed by atoms with Crippen LogP contribution in [0.25, 0.3) is 0 Å². The minimum atomic E-state index is -3.91. The number of benzene rings is 3. The quantitative estimate of drug-likeness (QED) is 0.405. The maximum Gasteiger partial charge on any atom is 0.339 e. The molecule has 0 radical (unpaired) electrons. The molecule has 0 aliphatic carbocycles. The third-order valence-electron chi connectivity index (χ3n) is 4.76. The van der Waals surface area contributed by atoms with Crippen LogP contribution in [0.1, 0.15) is 16.7 Å². The summed E-state index contributed by atoms with van der Waals surface area (Å²) in [5, 5.41) is 3.21. The number of esters is 1. The van der Waals surface area contributed by atoms with Crippen molar-refractivity contribution >= 4 is 16.1 Å². The molecule has 1 atom stereocenters. The Morgan fingerprint density at radius 1 is 0.903 bits per heavy atom. The molecule has 0 amide bonds. The first-order valence-corrected chi connectivity index (χ1v) is 11.2. The molecule has 0 spiro atoms. The Labute approximate surface area is 183 Å². The molecule has 3 aromatic carbocycles. The summed E-state index contributed by atoms with van der Waals surface area (Å²) in [6.07, 6.45) is 0.393. The predicted octanol–water partition coefficient (Wildman–Crippen LogP) is 3.64. The Balaban J connectivity index is 1.65. The Morgan fingerprint density at radius 2 is 1.55 bits per heavy atom. The first kappa shape index (κ1) is 22.5. The molecule has 0 aliphatic rings. The van der Waals surface area contributed by atoms with Crippen molar-refractivity contribution in [3.63, 3.8) is 0 Å². The molecule has 7 heteroatoms. The number of hydrogen-bond acceptors (Lipinski definition) is 6. The van der Waals surface area contributed by atoms with E-state index in [9.17, 15) is 13.2 Å². The van der Waals surface area contributed by atoms with Crippen LogP contribution in [0.4, 0.5) is 0 Å². The lowest BCUT2D eigenvalue weighted by molar-refractivity contribution is -0.143. The molecule has 31 heavy (non-hydrogen) atoms. The van der Waals surface area contributed by atoms with Crippen molar-refractivity contribution in [1.29, 1.82) is 0 Å². The average molecular weight is 440 g/mol. The summed E-state index contributed by atoms with van der Waals surface area (Å²) in [4.78, 5) is 12.3. The van der Waals surface area contributed by atoms with E-state index in [2.05, 4.69) is 5.32 Å². The first-order chi connectivity index (χ1) is 14.9. The molecule has 0 bridgehead atoms. The molecule has 0 saturated carbocycles. The van der Waals surface area contributed by atoms with E-state index in [1.807, 2.05) is 37.3 Å². The van der Waals surface area contributed by atoms with E-state index < -0.39 is 16.2 Å². The normalized spacial score (nSPS) is 12.2. The zero-order valence-electron chi connectivity index (χ0n) is 17.4. The molecule has 162 valence electrons. The Bertz CT molecular complexity index is 1090. The van der Waals surface area contributed by atoms with Crippen molar-refractivity contribution in [2.24, 2.45) is 0 Å². The second-order valence-corrected chi connectivity index (χ2v) is 8.69. The number of aryl methyl sites for hydroxylation is 1. The third-order valence-corrected chi connectivity index (χ3v) is 6.02. The average Bonchev–Trinajstić information content (AvgIpc) is 2.78. The number of carbonyl (C=O) groups is 1. The Morgan fingerprint density at radius 3 is 2.16 bits per heavy atom. The highest BCUT2D eigenvalue weighted by Crippen LogP contribution is 2.20. The van der Waals surface area contributed by atoms with E-state index in [4.69, 9.17) is 8.92 Å². The van der Waals surface area contributed by atoms with E-state index in [0.717, 1.165) is 16.7 Å². The molecule has 0 aliphatic heterocycles. The van der Waals surface area contributed by atoms with Crippen LogP contribution in [0.15, 0.2) is 83.8 Å². The minimum Gasteiger partial charge on any atom is -0.468 e. The molecule has 6 nitrogen and oxygen atoms in total. The number of carbonyl (C=O) groups excluding carboxylic acids is 1. The molecule has 3 rings (SSSR count). The number of ether oxygens (including phenoxy) is 1. The molecular weight excluding hydrogens is 414 g/mol. The molecule has 0 fully saturated rings. The lowest BCUT2D eigenvalue weighted by atomic mass is 10.1. The van der Waals surface area contributed by atoms with Gasteiger partial charge in [0.15, 0.2) is 0 Å². The lowest BCUT2D eigenvalue weighted by Crippen LogP contribution is -2.39. The smallest absolute Gasteiger partial charge is 0.339 e. The van der Waals surface area contributed by atoms with Crippen molar-refractivity contribution in [2.75, 3.05) is 7.11 Å².